The summed E-state index contributed by atoms with van der Waals surface area (Å²) in [4.78, 5) is 24.1. The lowest BCUT2D eigenvalue weighted by Crippen LogP contribution is -2.69. The maximum absolute atomic E-state index is 12.2. The number of methoxy groups -OCH3 is 1. The Balaban J connectivity index is 1.81. The van der Waals surface area contributed by atoms with Gasteiger partial charge >= 0.3 is 11.9 Å². The summed E-state index contributed by atoms with van der Waals surface area (Å²) in [6.07, 6.45) is 2.93. The molecule has 5 nitrogen and oxygen atoms in total. The van der Waals surface area contributed by atoms with Crippen molar-refractivity contribution in [2.24, 2.45) is 17.8 Å². The average molecular weight is 343 g/mol. The number of carbonyl (C=O) groups is 2. The van der Waals surface area contributed by atoms with Crippen LogP contribution in [0, 0.1) is 17.8 Å². The highest BCUT2D eigenvalue weighted by molar-refractivity contribution is 9.10. The van der Waals surface area contributed by atoms with Crippen LogP contribution < -0.4 is 0 Å². The zero-order valence-corrected chi connectivity index (χ0v) is 12.6. The van der Waals surface area contributed by atoms with Gasteiger partial charge in [-0.25, -0.2) is 0 Å². The normalized spacial score (nSPS) is 48.4. The third-order valence-corrected chi connectivity index (χ3v) is 6.41. The standard InChI is InChI=1S/C14H15BrO5/c1-18-12(16)6-2-7-5-19-10-4-9-8(3-6)11(7)14(10,15)13(17)20-9/h3,6-7,9-11H,2,4-5H2,1H3/t6-,7+,9+,10+,11-,14+/m1/s1. The number of carbonyl (C=O) groups excluding carboxylic acids is 2. The summed E-state index contributed by atoms with van der Waals surface area (Å²) in [5.74, 6) is -0.463. The molecule has 5 rings (SSSR count). The van der Waals surface area contributed by atoms with Crippen molar-refractivity contribution >= 4 is 27.9 Å². The number of esters is 2. The van der Waals surface area contributed by atoms with Gasteiger partial charge in [-0.3, -0.25) is 9.59 Å². The Labute approximate surface area is 124 Å². The number of ether oxygens (including phenoxy) is 3. The van der Waals surface area contributed by atoms with Crippen LogP contribution in [-0.2, 0) is 23.8 Å². The Hall–Kier alpha value is -0.880. The number of rotatable bonds is 1. The van der Waals surface area contributed by atoms with Crippen molar-refractivity contribution in [2.75, 3.05) is 13.7 Å². The van der Waals surface area contributed by atoms with Gasteiger partial charge in [-0.05, 0) is 17.9 Å². The van der Waals surface area contributed by atoms with E-state index >= 15 is 0 Å². The molecule has 3 aliphatic heterocycles. The Morgan fingerprint density at radius 3 is 3.05 bits per heavy atom. The summed E-state index contributed by atoms with van der Waals surface area (Å²) in [7, 11) is 1.40. The fraction of sp³-hybridized carbons (Fsp3) is 0.714. The first-order valence-electron chi connectivity index (χ1n) is 6.86. The lowest BCUT2D eigenvalue weighted by molar-refractivity contribution is -0.196. The van der Waals surface area contributed by atoms with E-state index in [4.69, 9.17) is 14.2 Å². The molecule has 20 heavy (non-hydrogen) atoms. The van der Waals surface area contributed by atoms with Crippen molar-refractivity contribution in [3.8, 4) is 0 Å². The maximum atomic E-state index is 12.2. The molecule has 3 saturated heterocycles. The summed E-state index contributed by atoms with van der Waals surface area (Å²) in [6, 6.07) is 0. The maximum Gasteiger partial charge on any atom is 0.326 e. The molecular weight excluding hydrogens is 328 g/mol. The Kier molecular flexibility index (Phi) is 2.61. The summed E-state index contributed by atoms with van der Waals surface area (Å²) >= 11 is 3.61. The highest BCUT2D eigenvalue weighted by atomic mass is 79.9. The Bertz CT molecular complexity index is 530. The van der Waals surface area contributed by atoms with Crippen molar-refractivity contribution in [1.29, 1.82) is 0 Å². The SMILES string of the molecule is COC(=O)[C@H]1C=C2[C@@H]3C[C@@H]4OC[C@H](C1)[C@H]2[C@]4(Br)C(=O)O3. The van der Waals surface area contributed by atoms with E-state index in [1.54, 1.807) is 0 Å². The summed E-state index contributed by atoms with van der Waals surface area (Å²) < 4.78 is 15.5. The minimum Gasteiger partial charge on any atom is -0.469 e. The highest BCUT2D eigenvalue weighted by Gasteiger charge is 2.67. The Morgan fingerprint density at radius 2 is 2.30 bits per heavy atom. The number of fused-ring (bicyclic) bond motifs is 1. The second kappa shape index (κ2) is 4.07. The van der Waals surface area contributed by atoms with Crippen LogP contribution in [0.1, 0.15) is 12.8 Å². The zero-order valence-electron chi connectivity index (χ0n) is 11.0. The summed E-state index contributed by atoms with van der Waals surface area (Å²) in [6.45, 7) is 0.591. The summed E-state index contributed by atoms with van der Waals surface area (Å²) in [5, 5.41) is 0. The van der Waals surface area contributed by atoms with E-state index in [1.165, 1.54) is 7.11 Å². The average Bonchev–Trinajstić information content (AvgIpc) is 2.45. The van der Waals surface area contributed by atoms with E-state index in [1.807, 2.05) is 6.08 Å². The van der Waals surface area contributed by atoms with Crippen LogP contribution in [0.25, 0.3) is 0 Å². The quantitative estimate of drug-likeness (QED) is 0.407. The second-order valence-corrected chi connectivity index (χ2v) is 7.30. The minimum absolute atomic E-state index is 0.0853. The zero-order chi connectivity index (χ0) is 14.1. The molecule has 2 aliphatic carbocycles. The molecule has 6 atom stereocenters. The van der Waals surface area contributed by atoms with Crippen LogP contribution in [0.4, 0.5) is 0 Å². The largest absolute Gasteiger partial charge is 0.469 e. The molecular formula is C14H15BrO5. The topological polar surface area (TPSA) is 61.8 Å². The minimum atomic E-state index is -0.766. The highest BCUT2D eigenvalue weighted by Crippen LogP contribution is 2.59. The van der Waals surface area contributed by atoms with E-state index in [9.17, 15) is 9.59 Å². The molecule has 0 spiro atoms. The molecule has 6 heteroatoms. The number of hydrogen-bond acceptors (Lipinski definition) is 5. The molecule has 0 aromatic rings. The van der Waals surface area contributed by atoms with Gasteiger partial charge in [0, 0.05) is 12.3 Å². The number of hydrogen-bond donors (Lipinski definition) is 0. The van der Waals surface area contributed by atoms with Gasteiger partial charge in [-0.2, -0.15) is 0 Å². The van der Waals surface area contributed by atoms with E-state index in [0.29, 0.717) is 19.4 Å². The molecule has 4 bridgehead atoms. The molecule has 108 valence electrons. The molecule has 0 N–H and O–H groups in total. The van der Waals surface area contributed by atoms with Crippen LogP contribution >= 0.6 is 15.9 Å². The van der Waals surface area contributed by atoms with Crippen molar-refractivity contribution in [3.05, 3.63) is 11.6 Å². The van der Waals surface area contributed by atoms with Crippen LogP contribution in [0.15, 0.2) is 11.6 Å². The van der Waals surface area contributed by atoms with Gasteiger partial charge in [-0.1, -0.05) is 22.0 Å². The van der Waals surface area contributed by atoms with Crippen LogP contribution in [0.5, 0.6) is 0 Å². The van der Waals surface area contributed by atoms with Crippen molar-refractivity contribution < 1.29 is 23.8 Å². The predicted octanol–water partition coefficient (Wildman–Crippen LogP) is 1.20. The van der Waals surface area contributed by atoms with Gasteiger partial charge in [0.25, 0.3) is 0 Å². The molecule has 0 amide bonds. The van der Waals surface area contributed by atoms with Gasteiger partial charge in [0.2, 0.25) is 0 Å². The monoisotopic (exact) mass is 342 g/mol. The molecule has 4 fully saturated rings. The van der Waals surface area contributed by atoms with Gasteiger partial charge in [-0.15, -0.1) is 0 Å². The fourth-order valence-electron chi connectivity index (χ4n) is 4.24. The van der Waals surface area contributed by atoms with Gasteiger partial charge in [0.15, 0.2) is 4.32 Å². The third-order valence-electron chi connectivity index (χ3n) is 5.08. The molecule has 0 aromatic heterocycles. The van der Waals surface area contributed by atoms with Gasteiger partial charge in [0.1, 0.15) is 6.10 Å². The summed E-state index contributed by atoms with van der Waals surface area (Å²) in [5.41, 5.74) is 1.08. The van der Waals surface area contributed by atoms with Crippen molar-refractivity contribution in [1.82, 2.24) is 0 Å². The van der Waals surface area contributed by atoms with E-state index < -0.39 is 4.32 Å². The number of halogens is 1. The van der Waals surface area contributed by atoms with Gasteiger partial charge < -0.3 is 14.2 Å². The van der Waals surface area contributed by atoms with Gasteiger partial charge in [0.05, 0.1) is 25.7 Å². The van der Waals surface area contributed by atoms with Crippen LogP contribution in [0.3, 0.4) is 0 Å². The van der Waals surface area contributed by atoms with E-state index in [-0.39, 0.29) is 41.9 Å². The first-order valence-corrected chi connectivity index (χ1v) is 7.66. The molecule has 5 aliphatic rings. The molecule has 0 aromatic carbocycles. The molecule has 3 heterocycles. The first kappa shape index (κ1) is 12.8. The first-order chi connectivity index (χ1) is 9.55. The second-order valence-electron chi connectivity index (χ2n) is 5.99. The van der Waals surface area contributed by atoms with Crippen LogP contribution in [-0.4, -0.2) is 42.2 Å². The lowest BCUT2D eigenvalue weighted by atomic mass is 9.59. The van der Waals surface area contributed by atoms with Crippen LogP contribution in [0.2, 0.25) is 0 Å². The van der Waals surface area contributed by atoms with E-state index in [2.05, 4.69) is 15.9 Å². The van der Waals surface area contributed by atoms with Crippen molar-refractivity contribution in [3.63, 3.8) is 0 Å². The molecule has 1 saturated carbocycles. The Morgan fingerprint density at radius 1 is 1.50 bits per heavy atom. The predicted molar refractivity (Wildman–Crippen MR) is 71.1 cm³/mol. The fourth-order valence-corrected chi connectivity index (χ4v) is 5.29. The molecule has 0 unspecified atom stereocenters. The molecule has 0 radical (unpaired) electrons. The smallest absolute Gasteiger partial charge is 0.326 e. The lowest BCUT2D eigenvalue weighted by Gasteiger charge is -2.59. The van der Waals surface area contributed by atoms with Crippen molar-refractivity contribution in [2.45, 2.75) is 29.4 Å². The number of alkyl halides is 1. The third kappa shape index (κ3) is 1.41. The van der Waals surface area contributed by atoms with E-state index in [0.717, 1.165) is 5.57 Å².